The van der Waals surface area contributed by atoms with Gasteiger partial charge in [0.1, 0.15) is 5.75 Å². The van der Waals surface area contributed by atoms with Gasteiger partial charge in [-0.05, 0) is 37.6 Å². The van der Waals surface area contributed by atoms with Crippen LogP contribution < -0.4 is 14.4 Å². The molecular formula is C23H17FO5S. The Hall–Kier alpha value is -3.45. The molecule has 0 amide bonds. The smallest absolute Gasteiger partial charge is 0.396 e. The number of esters is 1. The molecule has 1 aromatic heterocycles. The van der Waals surface area contributed by atoms with E-state index in [0.29, 0.717) is 15.8 Å². The molecule has 1 unspecified atom stereocenters. The molecular weight excluding hydrogens is 407 g/mol. The van der Waals surface area contributed by atoms with Crippen LogP contribution in [-0.4, -0.2) is 12.1 Å². The number of aryl methyl sites for hydroxylation is 1. The Bertz CT molecular complexity index is 1270. The van der Waals surface area contributed by atoms with Crippen LogP contribution in [0.2, 0.25) is 0 Å². The molecule has 0 saturated heterocycles. The maximum absolute atomic E-state index is 13.8. The highest BCUT2D eigenvalue weighted by atomic mass is 32.1. The monoisotopic (exact) mass is 424 g/mol. The fraction of sp³-hybridized carbons (Fsp3) is 0.130. The van der Waals surface area contributed by atoms with Gasteiger partial charge in [-0.15, -0.1) is 0 Å². The fourth-order valence-electron chi connectivity index (χ4n) is 2.94. The van der Waals surface area contributed by atoms with Gasteiger partial charge in [-0.1, -0.05) is 53.3 Å². The van der Waals surface area contributed by atoms with Crippen molar-refractivity contribution in [3.05, 3.63) is 81.8 Å². The molecule has 3 aromatic carbocycles. The van der Waals surface area contributed by atoms with Crippen molar-refractivity contribution in [3.63, 3.8) is 0 Å². The molecule has 4 aromatic rings. The average molecular weight is 424 g/mol. The number of para-hydroxylation sites is 1. The summed E-state index contributed by atoms with van der Waals surface area (Å²) in [6.45, 7) is 3.45. The topological polar surface area (TPSA) is 65.7 Å². The fourth-order valence-corrected chi connectivity index (χ4v) is 3.66. The second-order valence-electron chi connectivity index (χ2n) is 6.73. The van der Waals surface area contributed by atoms with Gasteiger partial charge in [0.05, 0.1) is 4.70 Å². The van der Waals surface area contributed by atoms with Crippen molar-refractivity contribution in [1.29, 1.82) is 0 Å². The van der Waals surface area contributed by atoms with E-state index in [-0.39, 0.29) is 11.5 Å². The quantitative estimate of drug-likeness (QED) is 0.320. The Labute approximate surface area is 175 Å². The van der Waals surface area contributed by atoms with Gasteiger partial charge < -0.3 is 13.9 Å². The lowest BCUT2D eigenvalue weighted by molar-refractivity contribution is -0.141. The molecule has 0 N–H and O–H groups in total. The highest BCUT2D eigenvalue weighted by Gasteiger charge is 2.21. The Morgan fingerprint density at radius 2 is 1.83 bits per heavy atom. The Morgan fingerprint density at radius 3 is 2.57 bits per heavy atom. The van der Waals surface area contributed by atoms with Crippen molar-refractivity contribution < 1.29 is 23.1 Å². The van der Waals surface area contributed by atoms with E-state index in [2.05, 4.69) is 0 Å². The summed E-state index contributed by atoms with van der Waals surface area (Å²) in [7, 11) is 0. The minimum absolute atomic E-state index is 0.0363. The third kappa shape index (κ3) is 4.11. The third-order valence-corrected chi connectivity index (χ3v) is 5.23. The van der Waals surface area contributed by atoms with E-state index in [1.54, 1.807) is 18.2 Å². The summed E-state index contributed by atoms with van der Waals surface area (Å²) in [5, 5.41) is 0. The molecule has 152 valence electrons. The lowest BCUT2D eigenvalue weighted by Gasteiger charge is -2.15. The zero-order chi connectivity index (χ0) is 21.3. The number of hydrogen-bond acceptors (Lipinski definition) is 6. The predicted molar refractivity (Wildman–Crippen MR) is 113 cm³/mol. The first-order valence-corrected chi connectivity index (χ1v) is 10.00. The Balaban J connectivity index is 1.64. The molecule has 7 heteroatoms. The van der Waals surface area contributed by atoms with E-state index in [4.69, 9.17) is 13.9 Å². The molecule has 0 saturated carbocycles. The number of halogens is 1. The largest absolute Gasteiger partial charge is 0.476 e. The first-order valence-electron chi connectivity index (χ1n) is 9.18. The van der Waals surface area contributed by atoms with Gasteiger partial charge in [0.2, 0.25) is 0 Å². The minimum atomic E-state index is -1.04. The molecule has 1 heterocycles. The molecule has 0 aliphatic carbocycles. The van der Waals surface area contributed by atoms with Crippen LogP contribution >= 0.6 is 11.3 Å². The van der Waals surface area contributed by atoms with Crippen LogP contribution in [0.25, 0.3) is 21.4 Å². The molecule has 0 aliphatic heterocycles. The molecule has 0 spiro atoms. The third-order valence-electron chi connectivity index (χ3n) is 4.46. The summed E-state index contributed by atoms with van der Waals surface area (Å²) < 4.78 is 30.5. The molecule has 5 nitrogen and oxygen atoms in total. The van der Waals surface area contributed by atoms with Gasteiger partial charge in [-0.25, -0.2) is 14.0 Å². The van der Waals surface area contributed by atoms with Crippen LogP contribution in [0.1, 0.15) is 12.5 Å². The maximum Gasteiger partial charge on any atom is 0.396 e. The number of ether oxygens (including phenoxy) is 2. The number of carbonyl (C=O) groups is 1. The van der Waals surface area contributed by atoms with Gasteiger partial charge in [-0.3, -0.25) is 0 Å². The van der Waals surface area contributed by atoms with Crippen molar-refractivity contribution in [1.82, 2.24) is 0 Å². The van der Waals surface area contributed by atoms with Crippen molar-refractivity contribution in [3.8, 4) is 22.6 Å². The summed E-state index contributed by atoms with van der Waals surface area (Å²) in [5.41, 5.74) is 2.98. The van der Waals surface area contributed by atoms with Crippen molar-refractivity contribution in [2.75, 3.05) is 0 Å². The van der Waals surface area contributed by atoms with Crippen LogP contribution in [0.3, 0.4) is 0 Å². The second-order valence-corrected chi connectivity index (χ2v) is 7.71. The van der Waals surface area contributed by atoms with Gasteiger partial charge in [0.25, 0.3) is 0 Å². The zero-order valence-electron chi connectivity index (χ0n) is 16.2. The molecule has 1 atom stereocenters. The van der Waals surface area contributed by atoms with Crippen LogP contribution in [0.4, 0.5) is 4.39 Å². The summed E-state index contributed by atoms with van der Waals surface area (Å²) in [5.74, 6) is -1.05. The highest BCUT2D eigenvalue weighted by Crippen LogP contribution is 2.34. The standard InChI is InChI=1S/C23H17FO5S/c1-13-7-9-15(10-8-13)17-11-16(12-20-21(17)29-23(26)30-20)28-22(25)14(2)27-19-6-4-3-5-18(19)24/h3-12,14H,1-2H3. The molecule has 0 radical (unpaired) electrons. The number of benzene rings is 3. The molecule has 0 bridgehead atoms. The van der Waals surface area contributed by atoms with E-state index in [9.17, 15) is 14.0 Å². The van der Waals surface area contributed by atoms with E-state index in [1.165, 1.54) is 25.1 Å². The second kappa shape index (κ2) is 8.12. The van der Waals surface area contributed by atoms with Crippen LogP contribution in [0, 0.1) is 12.7 Å². The summed E-state index contributed by atoms with van der Waals surface area (Å²) in [6, 6.07) is 16.7. The molecule has 4 rings (SSSR count). The van der Waals surface area contributed by atoms with Gasteiger partial charge in [0, 0.05) is 11.6 Å². The number of fused-ring (bicyclic) bond motifs is 1. The van der Waals surface area contributed by atoms with E-state index in [0.717, 1.165) is 22.5 Å². The normalized spacial score (nSPS) is 12.0. The number of hydrogen-bond donors (Lipinski definition) is 0. The molecule has 0 aliphatic rings. The molecule has 0 fully saturated rings. The van der Waals surface area contributed by atoms with Crippen LogP contribution in [-0.2, 0) is 4.79 Å². The van der Waals surface area contributed by atoms with E-state index >= 15 is 0 Å². The molecule has 30 heavy (non-hydrogen) atoms. The van der Waals surface area contributed by atoms with E-state index in [1.807, 2.05) is 31.2 Å². The zero-order valence-corrected chi connectivity index (χ0v) is 17.0. The number of carbonyl (C=O) groups excluding carboxylic acids is 1. The first kappa shape index (κ1) is 19.8. The SMILES string of the molecule is Cc1ccc(-c2cc(OC(=O)C(C)Oc3ccccc3F)cc3sc(=O)oc23)cc1. The summed E-state index contributed by atoms with van der Waals surface area (Å²) in [6.07, 6.45) is -1.04. The lowest BCUT2D eigenvalue weighted by atomic mass is 10.0. The average Bonchev–Trinajstić information content (AvgIpc) is 3.09. The van der Waals surface area contributed by atoms with E-state index < -0.39 is 22.8 Å². The van der Waals surface area contributed by atoms with Gasteiger partial charge in [-0.2, -0.15) is 0 Å². The van der Waals surface area contributed by atoms with Gasteiger partial charge in [0.15, 0.2) is 23.3 Å². The number of rotatable bonds is 5. The predicted octanol–water partition coefficient (Wildman–Crippen LogP) is 5.34. The lowest BCUT2D eigenvalue weighted by Crippen LogP contribution is -2.28. The highest BCUT2D eigenvalue weighted by molar-refractivity contribution is 7.16. The summed E-state index contributed by atoms with van der Waals surface area (Å²) >= 11 is 0.924. The van der Waals surface area contributed by atoms with Crippen molar-refractivity contribution in [2.24, 2.45) is 0 Å². The Kier molecular flexibility index (Phi) is 5.37. The summed E-state index contributed by atoms with van der Waals surface area (Å²) in [4.78, 5) is 23.9. The van der Waals surface area contributed by atoms with Crippen LogP contribution in [0.5, 0.6) is 11.5 Å². The Morgan fingerprint density at radius 1 is 1.10 bits per heavy atom. The van der Waals surface area contributed by atoms with Crippen molar-refractivity contribution in [2.45, 2.75) is 20.0 Å². The van der Waals surface area contributed by atoms with Gasteiger partial charge >= 0.3 is 10.9 Å². The first-order chi connectivity index (χ1) is 14.4. The minimum Gasteiger partial charge on any atom is -0.476 e. The van der Waals surface area contributed by atoms with Crippen molar-refractivity contribution >= 4 is 27.6 Å². The maximum atomic E-state index is 13.8. The van der Waals surface area contributed by atoms with Crippen LogP contribution in [0.15, 0.2) is 69.9 Å².